The van der Waals surface area contributed by atoms with Crippen molar-refractivity contribution in [2.24, 2.45) is 5.92 Å². The van der Waals surface area contributed by atoms with Crippen molar-refractivity contribution in [1.29, 1.82) is 0 Å². The zero-order valence-corrected chi connectivity index (χ0v) is 26.9. The molecule has 0 fully saturated rings. The third-order valence-electron chi connectivity index (χ3n) is 8.58. The number of ketones is 2. The summed E-state index contributed by atoms with van der Waals surface area (Å²) in [5.41, 5.74) is 4.43. The van der Waals surface area contributed by atoms with Crippen molar-refractivity contribution < 1.29 is 18.0 Å². The summed E-state index contributed by atoms with van der Waals surface area (Å²) in [5, 5.41) is 0. The van der Waals surface area contributed by atoms with Gasteiger partial charge in [-0.25, -0.2) is 8.42 Å². The molecule has 5 rings (SSSR count). The van der Waals surface area contributed by atoms with E-state index in [9.17, 15) is 18.0 Å². The van der Waals surface area contributed by atoms with Crippen LogP contribution in [0.25, 0.3) is 5.57 Å². The van der Waals surface area contributed by atoms with Crippen LogP contribution < -0.4 is 0 Å². The van der Waals surface area contributed by atoms with Crippen molar-refractivity contribution in [3.05, 3.63) is 143 Å². The lowest BCUT2D eigenvalue weighted by Gasteiger charge is -2.42. The van der Waals surface area contributed by atoms with Gasteiger partial charge in [0.25, 0.3) is 0 Å². The normalized spacial score (nSPS) is 17.3. The van der Waals surface area contributed by atoms with Gasteiger partial charge in [-0.15, -0.1) is 0 Å². The summed E-state index contributed by atoms with van der Waals surface area (Å²) in [6.45, 7) is 4.06. The summed E-state index contributed by atoms with van der Waals surface area (Å²) in [6, 6.07) is 34.7. The molecule has 5 nitrogen and oxygen atoms in total. The van der Waals surface area contributed by atoms with Crippen LogP contribution in [0.5, 0.6) is 0 Å². The van der Waals surface area contributed by atoms with Gasteiger partial charge in [-0.05, 0) is 48.6 Å². The highest BCUT2D eigenvalue weighted by molar-refractivity contribution is 7.89. The summed E-state index contributed by atoms with van der Waals surface area (Å²) in [5.74, 6) is -0.714. The second-order valence-corrected chi connectivity index (χ2v) is 13.8. The number of carbonyl (C=O) groups is 2. The minimum atomic E-state index is -4.02. The molecule has 0 bridgehead atoms. The Kier molecular flexibility index (Phi) is 10.6. The van der Waals surface area contributed by atoms with Crippen molar-refractivity contribution in [3.63, 3.8) is 0 Å². The molecule has 232 valence electrons. The molecule has 0 spiro atoms. The van der Waals surface area contributed by atoms with Crippen LogP contribution in [0.1, 0.15) is 66.1 Å². The molecule has 6 heteroatoms. The Morgan fingerprint density at radius 3 is 2.00 bits per heavy atom. The highest BCUT2D eigenvalue weighted by atomic mass is 32.2. The number of nitrogens with zero attached hydrogens (tertiary/aromatic N) is 1. The molecule has 0 saturated heterocycles. The second-order valence-electron chi connectivity index (χ2n) is 11.9. The highest BCUT2D eigenvalue weighted by Crippen LogP contribution is 2.42. The fourth-order valence-electron chi connectivity index (χ4n) is 6.27. The minimum absolute atomic E-state index is 0.0392. The van der Waals surface area contributed by atoms with E-state index < -0.39 is 22.0 Å². The molecule has 2 atom stereocenters. The van der Waals surface area contributed by atoms with Crippen molar-refractivity contribution >= 4 is 27.2 Å². The fourth-order valence-corrected chi connectivity index (χ4v) is 7.91. The molecule has 0 N–H and O–H groups in total. The van der Waals surface area contributed by atoms with Crippen LogP contribution in [-0.2, 0) is 21.2 Å². The third-order valence-corrected chi connectivity index (χ3v) is 10.5. The first-order valence-corrected chi connectivity index (χ1v) is 17.3. The zero-order chi connectivity index (χ0) is 31.8. The lowest BCUT2D eigenvalue weighted by Crippen LogP contribution is -2.50. The number of carbonyl (C=O) groups excluding carboxylic acids is 2. The number of hydrogen-bond donors (Lipinski definition) is 0. The SMILES string of the molecule is CCCCCC(=O)C[C@H]1CN(S(=O)(=O)c2ccc(C)cc2)[C@@H](Cc2ccccc2)C(c2ccccc2)=C1C(=O)c1ccccc1. The molecule has 0 aromatic heterocycles. The van der Waals surface area contributed by atoms with E-state index >= 15 is 0 Å². The van der Waals surface area contributed by atoms with Gasteiger partial charge in [-0.2, -0.15) is 4.31 Å². The molecule has 45 heavy (non-hydrogen) atoms. The predicted octanol–water partition coefficient (Wildman–Crippen LogP) is 8.10. The Bertz CT molecular complexity index is 1730. The standard InChI is InChI=1S/C39H41NO4S/c1-3-4-8-21-34(41)27-33-28-40(45(43,44)35-24-22-29(2)23-25-35)36(26-30-15-9-5-10-16-30)37(31-17-11-6-12-18-31)38(33)39(42)32-19-13-7-14-20-32/h5-7,9-20,22-25,33,36H,3-4,8,21,26-28H2,1-2H3/t33-,36-/m0/s1. The van der Waals surface area contributed by atoms with Gasteiger partial charge in [0.1, 0.15) is 5.78 Å². The van der Waals surface area contributed by atoms with Crippen molar-refractivity contribution in [3.8, 4) is 0 Å². The number of aryl methyl sites for hydroxylation is 1. The molecular formula is C39H41NO4S. The predicted molar refractivity (Wildman–Crippen MR) is 180 cm³/mol. The maximum atomic E-state index is 14.6. The van der Waals surface area contributed by atoms with Crippen LogP contribution in [-0.4, -0.2) is 36.9 Å². The maximum absolute atomic E-state index is 14.6. The number of rotatable bonds is 13. The number of sulfonamides is 1. The summed E-state index contributed by atoms with van der Waals surface area (Å²) in [4.78, 5) is 28.2. The van der Waals surface area contributed by atoms with Gasteiger partial charge in [0.05, 0.1) is 10.9 Å². The molecular weight excluding hydrogens is 578 g/mol. The summed E-state index contributed by atoms with van der Waals surface area (Å²) >= 11 is 0. The molecule has 0 amide bonds. The third kappa shape index (κ3) is 7.58. The first-order chi connectivity index (χ1) is 21.8. The van der Waals surface area contributed by atoms with Gasteiger partial charge in [-0.1, -0.05) is 128 Å². The average molecular weight is 620 g/mol. The Morgan fingerprint density at radius 1 is 0.778 bits per heavy atom. The van der Waals surface area contributed by atoms with Gasteiger partial charge in [0.2, 0.25) is 10.0 Å². The van der Waals surface area contributed by atoms with Crippen LogP contribution in [0.3, 0.4) is 0 Å². The fraction of sp³-hybridized carbons (Fsp3) is 0.282. The average Bonchev–Trinajstić information content (AvgIpc) is 3.06. The van der Waals surface area contributed by atoms with Crippen molar-refractivity contribution in [2.45, 2.75) is 63.3 Å². The lowest BCUT2D eigenvalue weighted by atomic mass is 9.76. The number of hydrogen-bond acceptors (Lipinski definition) is 4. The number of benzene rings is 4. The Morgan fingerprint density at radius 2 is 1.38 bits per heavy atom. The molecule has 0 saturated carbocycles. The van der Waals surface area contributed by atoms with Crippen LogP contribution in [0.2, 0.25) is 0 Å². The van der Waals surface area contributed by atoms with E-state index in [-0.39, 0.29) is 29.4 Å². The second kappa shape index (κ2) is 14.8. The van der Waals surface area contributed by atoms with E-state index in [1.54, 1.807) is 40.7 Å². The van der Waals surface area contributed by atoms with Crippen LogP contribution in [0.15, 0.2) is 126 Å². The van der Waals surface area contributed by atoms with E-state index in [0.717, 1.165) is 36.0 Å². The quantitative estimate of drug-likeness (QED) is 0.112. The van der Waals surface area contributed by atoms with Crippen LogP contribution >= 0.6 is 0 Å². The van der Waals surface area contributed by atoms with Crippen molar-refractivity contribution in [1.82, 2.24) is 4.31 Å². The molecule has 1 aliphatic rings. The summed E-state index contributed by atoms with van der Waals surface area (Å²) in [6.07, 6.45) is 3.61. The molecule has 1 aliphatic heterocycles. The number of unbranched alkanes of at least 4 members (excludes halogenated alkanes) is 2. The van der Waals surface area contributed by atoms with E-state index in [0.29, 0.717) is 29.6 Å². The molecule has 4 aromatic carbocycles. The van der Waals surface area contributed by atoms with Crippen LogP contribution in [0, 0.1) is 12.8 Å². The van der Waals surface area contributed by atoms with Gasteiger partial charge in [0.15, 0.2) is 5.78 Å². The van der Waals surface area contributed by atoms with Gasteiger partial charge in [0, 0.05) is 36.4 Å². The first kappa shape index (κ1) is 32.3. The highest BCUT2D eigenvalue weighted by Gasteiger charge is 2.44. The monoisotopic (exact) mass is 619 g/mol. The molecule has 4 aromatic rings. The van der Waals surface area contributed by atoms with E-state index in [1.807, 2.05) is 85.8 Å². The smallest absolute Gasteiger partial charge is 0.243 e. The van der Waals surface area contributed by atoms with Crippen LogP contribution in [0.4, 0.5) is 0 Å². The van der Waals surface area contributed by atoms with E-state index in [2.05, 4.69) is 6.92 Å². The van der Waals surface area contributed by atoms with E-state index in [4.69, 9.17) is 0 Å². The zero-order valence-electron chi connectivity index (χ0n) is 26.1. The van der Waals surface area contributed by atoms with E-state index in [1.165, 1.54) is 0 Å². The first-order valence-electron chi connectivity index (χ1n) is 15.8. The minimum Gasteiger partial charge on any atom is -0.300 e. The topological polar surface area (TPSA) is 71.5 Å². The summed E-state index contributed by atoms with van der Waals surface area (Å²) in [7, 11) is -4.02. The molecule has 0 unspecified atom stereocenters. The van der Waals surface area contributed by atoms with Gasteiger partial charge >= 0.3 is 0 Å². The van der Waals surface area contributed by atoms with Gasteiger partial charge in [-0.3, -0.25) is 9.59 Å². The Balaban J connectivity index is 1.75. The van der Waals surface area contributed by atoms with Crippen molar-refractivity contribution in [2.75, 3.05) is 6.54 Å². The number of Topliss-reactive ketones (excluding diaryl/α,β-unsaturated/α-hetero) is 2. The summed E-state index contributed by atoms with van der Waals surface area (Å²) < 4.78 is 30.8. The Hall–Kier alpha value is -4.13. The largest absolute Gasteiger partial charge is 0.300 e. The molecule has 0 radical (unpaired) electrons. The lowest BCUT2D eigenvalue weighted by molar-refractivity contribution is -0.119. The molecule has 1 heterocycles. The molecule has 0 aliphatic carbocycles. The maximum Gasteiger partial charge on any atom is 0.243 e. The Labute approximate surface area is 267 Å². The van der Waals surface area contributed by atoms with Gasteiger partial charge < -0.3 is 0 Å².